The lowest BCUT2D eigenvalue weighted by Crippen LogP contribution is -2.64. The summed E-state index contributed by atoms with van der Waals surface area (Å²) >= 11 is 0. The van der Waals surface area contributed by atoms with Crippen LogP contribution in [0.1, 0.15) is 32.1 Å². The minimum atomic E-state index is 0.707. The molecule has 0 bridgehead atoms. The van der Waals surface area contributed by atoms with Gasteiger partial charge in [0.2, 0.25) is 0 Å². The minimum absolute atomic E-state index is 0.707. The Morgan fingerprint density at radius 2 is 2.08 bits per heavy atom. The molecular formula is C11H19NO. The summed E-state index contributed by atoms with van der Waals surface area (Å²) in [7, 11) is 0. The Labute approximate surface area is 80.0 Å². The maximum Gasteiger partial charge on any atom is 0.0510 e. The van der Waals surface area contributed by atoms with Gasteiger partial charge in [0.05, 0.1) is 6.61 Å². The topological polar surface area (TPSA) is 21.3 Å². The van der Waals surface area contributed by atoms with Gasteiger partial charge < -0.3 is 10.1 Å². The third-order valence-electron chi connectivity index (χ3n) is 4.37. The molecule has 2 heteroatoms. The van der Waals surface area contributed by atoms with E-state index in [2.05, 4.69) is 5.32 Å². The molecule has 0 aromatic heterocycles. The van der Waals surface area contributed by atoms with Gasteiger partial charge in [-0.05, 0) is 24.7 Å². The van der Waals surface area contributed by atoms with Gasteiger partial charge in [-0.25, -0.2) is 0 Å². The van der Waals surface area contributed by atoms with Crippen molar-refractivity contribution in [3.63, 3.8) is 0 Å². The highest BCUT2D eigenvalue weighted by molar-refractivity contribution is 5.07. The number of nitrogens with one attached hydrogen (secondary N) is 1. The Morgan fingerprint density at radius 3 is 2.62 bits per heavy atom. The van der Waals surface area contributed by atoms with Crippen LogP contribution in [0.25, 0.3) is 0 Å². The van der Waals surface area contributed by atoms with Crippen LogP contribution in [0.4, 0.5) is 0 Å². The van der Waals surface area contributed by atoms with Crippen LogP contribution in [-0.2, 0) is 4.74 Å². The molecule has 0 aromatic carbocycles. The van der Waals surface area contributed by atoms with Gasteiger partial charge in [-0.3, -0.25) is 0 Å². The molecule has 1 spiro atoms. The quantitative estimate of drug-likeness (QED) is 0.663. The van der Waals surface area contributed by atoms with Crippen LogP contribution in [0.5, 0.6) is 0 Å². The molecule has 0 aromatic rings. The van der Waals surface area contributed by atoms with Gasteiger partial charge in [-0.2, -0.15) is 0 Å². The molecule has 3 fully saturated rings. The van der Waals surface area contributed by atoms with E-state index >= 15 is 0 Å². The second-order valence-corrected chi connectivity index (χ2v) is 5.05. The third kappa shape index (κ3) is 1.15. The molecule has 1 aliphatic carbocycles. The zero-order chi connectivity index (χ0) is 8.73. The molecule has 13 heavy (non-hydrogen) atoms. The van der Waals surface area contributed by atoms with Crippen molar-refractivity contribution in [3.8, 4) is 0 Å². The highest BCUT2D eigenvalue weighted by atomic mass is 16.5. The van der Waals surface area contributed by atoms with Crippen LogP contribution in [0.15, 0.2) is 0 Å². The molecule has 1 N–H and O–H groups in total. The second-order valence-electron chi connectivity index (χ2n) is 5.05. The maximum atomic E-state index is 5.48. The monoisotopic (exact) mass is 181 g/mol. The van der Waals surface area contributed by atoms with Gasteiger partial charge in [0.1, 0.15) is 0 Å². The van der Waals surface area contributed by atoms with Gasteiger partial charge in [0.25, 0.3) is 0 Å². The zero-order valence-electron chi connectivity index (χ0n) is 8.22. The molecule has 74 valence electrons. The van der Waals surface area contributed by atoms with Gasteiger partial charge >= 0.3 is 0 Å². The van der Waals surface area contributed by atoms with Crippen molar-refractivity contribution < 1.29 is 4.74 Å². The lowest BCUT2D eigenvalue weighted by Gasteiger charge is -2.51. The molecule has 3 aliphatic rings. The molecule has 2 atom stereocenters. The van der Waals surface area contributed by atoms with E-state index in [0.29, 0.717) is 5.41 Å². The van der Waals surface area contributed by atoms with E-state index in [9.17, 15) is 0 Å². The first kappa shape index (κ1) is 8.25. The molecule has 3 rings (SSSR count). The first-order chi connectivity index (χ1) is 6.41. The Kier molecular flexibility index (Phi) is 1.88. The predicted octanol–water partition coefficient (Wildman–Crippen LogP) is 1.56. The Balaban J connectivity index is 1.70. The number of hydrogen-bond donors (Lipinski definition) is 1. The van der Waals surface area contributed by atoms with Crippen LogP contribution in [0, 0.1) is 11.3 Å². The van der Waals surface area contributed by atoms with Crippen molar-refractivity contribution >= 4 is 0 Å². The number of hydrogen-bond acceptors (Lipinski definition) is 2. The molecule has 1 saturated carbocycles. The zero-order valence-corrected chi connectivity index (χ0v) is 8.22. The summed E-state index contributed by atoms with van der Waals surface area (Å²) in [5.74, 6) is 0.826. The smallest absolute Gasteiger partial charge is 0.0510 e. The summed E-state index contributed by atoms with van der Waals surface area (Å²) in [4.78, 5) is 0. The van der Waals surface area contributed by atoms with Crippen molar-refractivity contribution in [1.82, 2.24) is 5.32 Å². The summed E-state index contributed by atoms with van der Waals surface area (Å²) in [6.07, 6.45) is 7.17. The number of ether oxygens (including phenoxy) is 1. The Hall–Kier alpha value is -0.0800. The van der Waals surface area contributed by atoms with Crippen LogP contribution >= 0.6 is 0 Å². The van der Waals surface area contributed by atoms with Crippen molar-refractivity contribution in [2.45, 2.75) is 38.1 Å². The predicted molar refractivity (Wildman–Crippen MR) is 51.6 cm³/mol. The van der Waals surface area contributed by atoms with Gasteiger partial charge in [-0.1, -0.05) is 12.8 Å². The second kappa shape index (κ2) is 2.96. The first-order valence-corrected chi connectivity index (χ1v) is 5.72. The van der Waals surface area contributed by atoms with Gasteiger partial charge in [0, 0.05) is 25.1 Å². The fourth-order valence-corrected chi connectivity index (χ4v) is 3.56. The average Bonchev–Trinajstić information content (AvgIpc) is 2.72. The average molecular weight is 181 g/mol. The molecule has 2 nitrogen and oxygen atoms in total. The molecule has 2 aliphatic heterocycles. The third-order valence-corrected chi connectivity index (χ3v) is 4.37. The molecule has 2 saturated heterocycles. The van der Waals surface area contributed by atoms with Crippen molar-refractivity contribution in [3.05, 3.63) is 0 Å². The van der Waals surface area contributed by atoms with Crippen molar-refractivity contribution in [2.75, 3.05) is 19.8 Å². The highest BCUT2D eigenvalue weighted by Crippen LogP contribution is 2.48. The molecule has 0 amide bonds. The van der Waals surface area contributed by atoms with Crippen molar-refractivity contribution in [2.24, 2.45) is 11.3 Å². The molecule has 2 unspecified atom stereocenters. The van der Waals surface area contributed by atoms with Crippen LogP contribution in [-0.4, -0.2) is 25.8 Å². The molecule has 2 heterocycles. The van der Waals surface area contributed by atoms with Crippen LogP contribution in [0.2, 0.25) is 0 Å². The highest BCUT2D eigenvalue weighted by Gasteiger charge is 2.51. The van der Waals surface area contributed by atoms with Crippen LogP contribution in [0.3, 0.4) is 0 Å². The fourth-order valence-electron chi connectivity index (χ4n) is 3.56. The normalized spacial score (nSPS) is 42.5. The van der Waals surface area contributed by atoms with E-state index in [1.165, 1.54) is 38.6 Å². The Bertz CT molecular complexity index is 192. The van der Waals surface area contributed by atoms with Crippen molar-refractivity contribution in [1.29, 1.82) is 0 Å². The van der Waals surface area contributed by atoms with Gasteiger partial charge in [0.15, 0.2) is 0 Å². The fraction of sp³-hybridized carbons (Fsp3) is 1.00. The Morgan fingerprint density at radius 1 is 1.23 bits per heavy atom. The summed E-state index contributed by atoms with van der Waals surface area (Å²) in [6, 6.07) is 0.803. The van der Waals surface area contributed by atoms with E-state index in [1.807, 2.05) is 0 Å². The standard InChI is InChI=1S/C11H19NO/c1-2-5-11(4-1)8-12-10(11)9-3-6-13-7-9/h9-10,12H,1-8H2. The first-order valence-electron chi connectivity index (χ1n) is 5.72. The minimum Gasteiger partial charge on any atom is -0.381 e. The lowest BCUT2D eigenvalue weighted by atomic mass is 9.67. The SMILES string of the molecule is C1CCC2(C1)CNC2C1CCOC1. The van der Waals surface area contributed by atoms with E-state index in [1.54, 1.807) is 0 Å². The summed E-state index contributed by atoms with van der Waals surface area (Å²) < 4.78 is 5.48. The molecule has 0 radical (unpaired) electrons. The largest absolute Gasteiger partial charge is 0.381 e. The van der Waals surface area contributed by atoms with E-state index in [4.69, 9.17) is 4.74 Å². The van der Waals surface area contributed by atoms with E-state index < -0.39 is 0 Å². The number of rotatable bonds is 1. The molecular weight excluding hydrogens is 162 g/mol. The van der Waals surface area contributed by atoms with E-state index in [-0.39, 0.29) is 0 Å². The summed E-state index contributed by atoms with van der Waals surface area (Å²) in [5.41, 5.74) is 0.707. The van der Waals surface area contributed by atoms with Gasteiger partial charge in [-0.15, -0.1) is 0 Å². The van der Waals surface area contributed by atoms with E-state index in [0.717, 1.165) is 25.2 Å². The van der Waals surface area contributed by atoms with Crippen LogP contribution < -0.4 is 5.32 Å². The lowest BCUT2D eigenvalue weighted by molar-refractivity contribution is 0.0385. The summed E-state index contributed by atoms with van der Waals surface area (Å²) in [6.45, 7) is 3.30. The maximum absolute atomic E-state index is 5.48. The summed E-state index contributed by atoms with van der Waals surface area (Å²) in [5, 5.41) is 3.64.